The summed E-state index contributed by atoms with van der Waals surface area (Å²) >= 11 is 0. The summed E-state index contributed by atoms with van der Waals surface area (Å²) in [5.41, 5.74) is 6.78. The number of pyridine rings is 2. The number of nitrogens with one attached hydrogen (secondary N) is 2. The lowest BCUT2D eigenvalue weighted by Gasteiger charge is -2.23. The molecule has 0 aliphatic heterocycles. The molecule has 4 heterocycles. The van der Waals surface area contributed by atoms with Crippen LogP contribution in [0, 0.1) is 5.82 Å². The molecule has 1 fully saturated rings. The van der Waals surface area contributed by atoms with Crippen LogP contribution in [0.2, 0.25) is 0 Å². The van der Waals surface area contributed by atoms with Crippen molar-refractivity contribution in [2.75, 3.05) is 27.2 Å². The van der Waals surface area contributed by atoms with E-state index in [2.05, 4.69) is 43.3 Å². The first-order valence-electron chi connectivity index (χ1n) is 15.2. The van der Waals surface area contributed by atoms with Crippen LogP contribution in [0.15, 0.2) is 73.2 Å². The third-order valence-electron chi connectivity index (χ3n) is 8.22. The predicted molar refractivity (Wildman–Crippen MR) is 171 cm³/mol. The molecule has 0 radical (unpaired) electrons. The van der Waals surface area contributed by atoms with Gasteiger partial charge in [0.15, 0.2) is 0 Å². The molecule has 8 nitrogen and oxygen atoms in total. The van der Waals surface area contributed by atoms with E-state index in [0.29, 0.717) is 23.6 Å². The lowest BCUT2D eigenvalue weighted by molar-refractivity contribution is 0.154. The predicted octanol–water partition coefficient (Wildman–Crippen LogP) is 7.63. The van der Waals surface area contributed by atoms with Crippen molar-refractivity contribution in [2.24, 2.45) is 0 Å². The van der Waals surface area contributed by atoms with E-state index in [0.717, 1.165) is 69.5 Å². The summed E-state index contributed by atoms with van der Waals surface area (Å²) in [4.78, 5) is 14.6. The summed E-state index contributed by atoms with van der Waals surface area (Å²) < 4.78 is 26.8. The maximum Gasteiger partial charge on any atom is 0.138 e. The number of likely N-dealkylation sites (N-methyl/N-ethyl adjacent to an activating group) is 1. The van der Waals surface area contributed by atoms with Crippen LogP contribution in [-0.4, -0.2) is 63.4 Å². The Morgan fingerprint density at radius 1 is 0.841 bits per heavy atom. The maximum absolute atomic E-state index is 14.7. The highest BCUT2D eigenvalue weighted by Gasteiger charge is 2.18. The molecule has 0 bridgehead atoms. The minimum Gasteiger partial charge on any atom is -0.492 e. The van der Waals surface area contributed by atoms with Crippen LogP contribution in [0.3, 0.4) is 0 Å². The first kappa shape index (κ1) is 28.0. The molecule has 4 aromatic heterocycles. The highest BCUT2D eigenvalue weighted by Crippen LogP contribution is 2.36. The molecule has 0 atom stereocenters. The molecule has 1 aliphatic rings. The van der Waals surface area contributed by atoms with Gasteiger partial charge >= 0.3 is 0 Å². The first-order chi connectivity index (χ1) is 21.5. The Balaban J connectivity index is 1.21. The second-order valence-corrected chi connectivity index (χ2v) is 11.8. The van der Waals surface area contributed by atoms with Gasteiger partial charge in [0.1, 0.15) is 29.6 Å². The van der Waals surface area contributed by atoms with Gasteiger partial charge in [-0.15, -0.1) is 0 Å². The largest absolute Gasteiger partial charge is 0.492 e. The summed E-state index contributed by atoms with van der Waals surface area (Å²) in [5, 5.41) is 9.68. The maximum atomic E-state index is 14.7. The molecular formula is C35H35FN6O2. The molecule has 44 heavy (non-hydrogen) atoms. The average molecular weight is 591 g/mol. The van der Waals surface area contributed by atoms with E-state index in [4.69, 9.17) is 9.47 Å². The number of H-pyrrole nitrogens is 2. The summed E-state index contributed by atoms with van der Waals surface area (Å²) in [7, 11) is 3.94. The topological polar surface area (TPSA) is 92.0 Å². The Morgan fingerprint density at radius 3 is 2.55 bits per heavy atom. The molecular weight excluding hydrogens is 555 g/mol. The van der Waals surface area contributed by atoms with Gasteiger partial charge in [-0.1, -0.05) is 12.5 Å². The minimum atomic E-state index is -0.370. The third-order valence-corrected chi connectivity index (χ3v) is 8.22. The lowest BCUT2D eigenvalue weighted by atomic mass is 9.98. The number of ether oxygens (including phenoxy) is 2. The number of nitrogens with zero attached hydrogens (tertiary/aromatic N) is 4. The third kappa shape index (κ3) is 5.88. The Labute approximate surface area is 255 Å². The Kier molecular flexibility index (Phi) is 7.70. The quantitative estimate of drug-likeness (QED) is 0.180. The Bertz CT molecular complexity index is 1920. The van der Waals surface area contributed by atoms with Crippen LogP contribution in [0.25, 0.3) is 55.6 Å². The minimum absolute atomic E-state index is 0.264. The van der Waals surface area contributed by atoms with Gasteiger partial charge in [-0.2, -0.15) is 5.10 Å². The molecule has 6 aromatic rings. The van der Waals surface area contributed by atoms with E-state index in [1.165, 1.54) is 31.4 Å². The number of halogens is 1. The SMILES string of the molecule is CN(C)CCOc1cc(F)cc(-c2nccc3[nH]c(-c4n[nH]c5ccc(-c6cncc(OC7CCCCC7)c6)cc45)cc23)c1. The Morgan fingerprint density at radius 2 is 1.68 bits per heavy atom. The van der Waals surface area contributed by atoms with Gasteiger partial charge in [0.2, 0.25) is 0 Å². The molecule has 224 valence electrons. The number of aromatic amines is 2. The zero-order chi connectivity index (χ0) is 30.0. The molecule has 0 amide bonds. The van der Waals surface area contributed by atoms with E-state index in [-0.39, 0.29) is 11.9 Å². The van der Waals surface area contributed by atoms with Crippen molar-refractivity contribution in [2.45, 2.75) is 38.2 Å². The zero-order valence-corrected chi connectivity index (χ0v) is 24.9. The molecule has 1 saturated carbocycles. The fraction of sp³-hybridized carbons (Fsp3) is 0.286. The van der Waals surface area contributed by atoms with Gasteiger partial charge in [0.25, 0.3) is 0 Å². The fourth-order valence-electron chi connectivity index (χ4n) is 5.96. The number of aromatic nitrogens is 5. The van der Waals surface area contributed by atoms with Crippen LogP contribution >= 0.6 is 0 Å². The van der Waals surface area contributed by atoms with Gasteiger partial charge in [-0.3, -0.25) is 15.1 Å². The molecule has 0 saturated heterocycles. The fourth-order valence-corrected chi connectivity index (χ4v) is 5.96. The van der Waals surface area contributed by atoms with E-state index in [9.17, 15) is 4.39 Å². The van der Waals surface area contributed by atoms with Crippen LogP contribution < -0.4 is 9.47 Å². The van der Waals surface area contributed by atoms with Crippen molar-refractivity contribution in [3.05, 3.63) is 79.0 Å². The monoisotopic (exact) mass is 590 g/mol. The van der Waals surface area contributed by atoms with Gasteiger partial charge in [0.05, 0.1) is 29.2 Å². The summed E-state index contributed by atoms with van der Waals surface area (Å²) in [6.07, 6.45) is 11.6. The van der Waals surface area contributed by atoms with Crippen molar-refractivity contribution in [3.8, 4) is 45.3 Å². The standard InChI is InChI=1S/C35H35FN6O2/c1-42(2)12-13-43-27-15-23(14-25(36)18-27)34-30-19-33(39-31(30)10-11-38-34)35-29-17-22(8-9-32(29)40-41-35)24-16-28(21-37-20-24)44-26-6-4-3-5-7-26/h8-11,14-21,26,39H,3-7,12-13H2,1-2H3,(H,40,41). The van der Waals surface area contributed by atoms with Crippen molar-refractivity contribution >= 4 is 21.8 Å². The average Bonchev–Trinajstić information content (AvgIpc) is 3.65. The first-order valence-corrected chi connectivity index (χ1v) is 15.2. The molecule has 1 aliphatic carbocycles. The van der Waals surface area contributed by atoms with Crippen LogP contribution in [0.1, 0.15) is 32.1 Å². The highest BCUT2D eigenvalue weighted by atomic mass is 19.1. The molecule has 2 N–H and O–H groups in total. The van der Waals surface area contributed by atoms with E-state index in [1.54, 1.807) is 12.4 Å². The number of benzene rings is 2. The van der Waals surface area contributed by atoms with Crippen LogP contribution in [0.5, 0.6) is 11.5 Å². The number of fused-ring (bicyclic) bond motifs is 2. The summed E-state index contributed by atoms with van der Waals surface area (Å²) in [6, 6.07) is 17.0. The second kappa shape index (κ2) is 12.1. The van der Waals surface area contributed by atoms with E-state index in [1.807, 2.05) is 49.5 Å². The molecule has 2 aromatic carbocycles. The van der Waals surface area contributed by atoms with Crippen molar-refractivity contribution in [3.63, 3.8) is 0 Å². The van der Waals surface area contributed by atoms with Gasteiger partial charge in [0, 0.05) is 52.4 Å². The van der Waals surface area contributed by atoms with Crippen molar-refractivity contribution in [1.82, 2.24) is 30.0 Å². The zero-order valence-electron chi connectivity index (χ0n) is 24.9. The van der Waals surface area contributed by atoms with Crippen molar-refractivity contribution in [1.29, 1.82) is 0 Å². The summed E-state index contributed by atoms with van der Waals surface area (Å²) in [5.74, 6) is 0.913. The normalized spacial score (nSPS) is 14.1. The van der Waals surface area contributed by atoms with Gasteiger partial charge < -0.3 is 19.4 Å². The second-order valence-electron chi connectivity index (χ2n) is 11.8. The number of hydrogen-bond acceptors (Lipinski definition) is 6. The number of rotatable bonds is 9. The van der Waals surface area contributed by atoms with Crippen LogP contribution in [-0.2, 0) is 0 Å². The lowest BCUT2D eigenvalue weighted by Crippen LogP contribution is -2.19. The highest BCUT2D eigenvalue weighted by molar-refractivity contribution is 6.01. The molecule has 9 heteroatoms. The van der Waals surface area contributed by atoms with Crippen molar-refractivity contribution < 1.29 is 13.9 Å². The smallest absolute Gasteiger partial charge is 0.138 e. The van der Waals surface area contributed by atoms with Crippen LogP contribution in [0.4, 0.5) is 4.39 Å². The molecule has 0 spiro atoms. The van der Waals surface area contributed by atoms with Gasteiger partial charge in [-0.25, -0.2) is 4.39 Å². The van der Waals surface area contributed by atoms with Gasteiger partial charge in [-0.05, 0) is 87.8 Å². The van der Waals surface area contributed by atoms with E-state index >= 15 is 0 Å². The van der Waals surface area contributed by atoms with E-state index < -0.39 is 0 Å². The number of hydrogen-bond donors (Lipinski definition) is 2. The molecule has 0 unspecified atom stereocenters. The Hall–Kier alpha value is -4.76. The summed E-state index contributed by atoms with van der Waals surface area (Å²) in [6.45, 7) is 1.19. The molecule has 7 rings (SSSR count).